The zero-order chi connectivity index (χ0) is 19.1. The van der Waals surface area contributed by atoms with Crippen LogP contribution in [0.2, 0.25) is 0 Å². The van der Waals surface area contributed by atoms with Gasteiger partial charge in [-0.25, -0.2) is 9.97 Å². The summed E-state index contributed by atoms with van der Waals surface area (Å²) >= 11 is 0. The van der Waals surface area contributed by atoms with Gasteiger partial charge in [0.1, 0.15) is 5.69 Å². The third kappa shape index (κ3) is 4.92. The van der Waals surface area contributed by atoms with E-state index in [0.29, 0.717) is 24.8 Å². The molecule has 0 aliphatic heterocycles. The summed E-state index contributed by atoms with van der Waals surface area (Å²) in [6.07, 6.45) is 6.16. The summed E-state index contributed by atoms with van der Waals surface area (Å²) in [7, 11) is 3.49. The van der Waals surface area contributed by atoms with Crippen molar-refractivity contribution in [1.29, 1.82) is 0 Å². The van der Waals surface area contributed by atoms with E-state index in [4.69, 9.17) is 4.74 Å². The number of benzene rings is 1. The van der Waals surface area contributed by atoms with Gasteiger partial charge in [-0.2, -0.15) is 0 Å². The van der Waals surface area contributed by atoms with Crippen LogP contribution in [0.25, 0.3) is 11.1 Å². The predicted molar refractivity (Wildman–Crippen MR) is 105 cm³/mol. The molecule has 0 aliphatic rings. The topological polar surface area (TPSA) is 81.1 Å². The van der Waals surface area contributed by atoms with Crippen LogP contribution < -0.4 is 10.6 Å². The van der Waals surface area contributed by atoms with Crippen LogP contribution in [-0.2, 0) is 11.8 Å². The second-order valence-electron chi connectivity index (χ2n) is 6.11. The molecule has 0 unspecified atom stereocenters. The number of hydrogen-bond acceptors (Lipinski definition) is 5. The Morgan fingerprint density at radius 2 is 1.89 bits per heavy atom. The molecule has 2 heterocycles. The maximum absolute atomic E-state index is 12.3. The average Bonchev–Trinajstić information content (AvgIpc) is 3.08. The number of nitrogens with one attached hydrogen (secondary N) is 2. The largest absolute Gasteiger partial charge is 0.385 e. The van der Waals surface area contributed by atoms with E-state index in [1.165, 1.54) is 0 Å². The molecule has 27 heavy (non-hydrogen) atoms. The number of nitrogens with zero attached hydrogens (tertiary/aromatic N) is 3. The van der Waals surface area contributed by atoms with Gasteiger partial charge in [-0.15, -0.1) is 0 Å². The number of aryl methyl sites for hydroxylation is 1. The molecule has 0 atom stereocenters. The van der Waals surface area contributed by atoms with Gasteiger partial charge < -0.3 is 19.9 Å². The van der Waals surface area contributed by atoms with Crippen LogP contribution >= 0.6 is 0 Å². The van der Waals surface area contributed by atoms with E-state index < -0.39 is 0 Å². The van der Waals surface area contributed by atoms with Crippen molar-refractivity contribution in [3.63, 3.8) is 0 Å². The van der Waals surface area contributed by atoms with Gasteiger partial charge in [0.25, 0.3) is 5.91 Å². The van der Waals surface area contributed by atoms with Crippen LogP contribution in [0.4, 0.5) is 11.6 Å². The van der Waals surface area contributed by atoms with Crippen LogP contribution in [0.15, 0.2) is 55.0 Å². The molecule has 1 aromatic carbocycles. The van der Waals surface area contributed by atoms with Crippen LogP contribution in [0.1, 0.15) is 16.9 Å². The number of aromatic nitrogens is 3. The number of amides is 1. The lowest BCUT2D eigenvalue weighted by Gasteiger charge is -2.05. The van der Waals surface area contributed by atoms with Gasteiger partial charge in [0.05, 0.1) is 0 Å². The lowest BCUT2D eigenvalue weighted by molar-refractivity contribution is 0.0940. The molecular formula is C20H23N5O2. The molecule has 1 amide bonds. The Kier molecular flexibility index (Phi) is 6.17. The Labute approximate surface area is 158 Å². The third-order valence-corrected chi connectivity index (χ3v) is 4.06. The molecule has 0 radical (unpaired) electrons. The number of methoxy groups -OCH3 is 1. The summed E-state index contributed by atoms with van der Waals surface area (Å²) in [5, 5.41) is 6.04. The van der Waals surface area contributed by atoms with Gasteiger partial charge >= 0.3 is 0 Å². The zero-order valence-corrected chi connectivity index (χ0v) is 15.5. The van der Waals surface area contributed by atoms with E-state index in [-0.39, 0.29) is 5.91 Å². The van der Waals surface area contributed by atoms with E-state index >= 15 is 0 Å². The maximum atomic E-state index is 12.3. The summed E-state index contributed by atoms with van der Waals surface area (Å²) in [5.41, 5.74) is 3.26. The average molecular weight is 365 g/mol. The first-order chi connectivity index (χ1) is 13.2. The van der Waals surface area contributed by atoms with Gasteiger partial charge in [0.15, 0.2) is 0 Å². The highest BCUT2D eigenvalue weighted by Crippen LogP contribution is 2.21. The zero-order valence-electron chi connectivity index (χ0n) is 15.5. The Morgan fingerprint density at radius 3 is 2.59 bits per heavy atom. The second kappa shape index (κ2) is 8.95. The van der Waals surface area contributed by atoms with E-state index in [9.17, 15) is 4.79 Å². The van der Waals surface area contributed by atoms with E-state index in [0.717, 1.165) is 23.2 Å². The second-order valence-corrected chi connectivity index (χ2v) is 6.11. The van der Waals surface area contributed by atoms with Gasteiger partial charge in [0, 0.05) is 62.7 Å². The number of carbonyl (C=O) groups excluding carboxylic acids is 1. The molecule has 2 aromatic heterocycles. The lowest BCUT2D eigenvalue weighted by Crippen LogP contribution is -2.26. The molecule has 0 aliphatic carbocycles. The number of anilines is 2. The summed E-state index contributed by atoms with van der Waals surface area (Å²) in [4.78, 5) is 21.0. The molecule has 7 heteroatoms. The van der Waals surface area contributed by atoms with Crippen molar-refractivity contribution in [2.24, 2.45) is 7.05 Å². The minimum absolute atomic E-state index is 0.108. The Hall–Kier alpha value is -3.19. The Balaban J connectivity index is 1.67. The predicted octanol–water partition coefficient (Wildman–Crippen LogP) is 2.99. The smallest absolute Gasteiger partial charge is 0.267 e. The third-order valence-electron chi connectivity index (χ3n) is 4.06. The highest BCUT2D eigenvalue weighted by atomic mass is 16.5. The number of carbonyl (C=O) groups is 1. The summed E-state index contributed by atoms with van der Waals surface area (Å²) in [6.45, 7) is 1.20. The Bertz CT molecular complexity index is 875. The first-order valence-electron chi connectivity index (χ1n) is 8.75. The van der Waals surface area contributed by atoms with Crippen LogP contribution in [0.5, 0.6) is 0 Å². The number of ether oxygens (including phenoxy) is 1. The normalized spacial score (nSPS) is 10.6. The first-order valence-corrected chi connectivity index (χ1v) is 8.75. The highest BCUT2D eigenvalue weighted by molar-refractivity contribution is 5.94. The molecule has 0 spiro atoms. The molecule has 0 bridgehead atoms. The molecule has 3 aromatic rings. The molecule has 3 rings (SSSR count). The number of para-hydroxylation sites is 1. The van der Waals surface area contributed by atoms with Crippen LogP contribution in [0.3, 0.4) is 0 Å². The van der Waals surface area contributed by atoms with Crippen molar-refractivity contribution in [3.05, 3.63) is 60.7 Å². The molecule has 0 fully saturated rings. The minimum atomic E-state index is -0.108. The summed E-state index contributed by atoms with van der Waals surface area (Å²) in [5.74, 6) is 0.417. The van der Waals surface area contributed by atoms with Crippen molar-refractivity contribution in [1.82, 2.24) is 19.9 Å². The minimum Gasteiger partial charge on any atom is -0.385 e. The molecule has 0 saturated carbocycles. The van der Waals surface area contributed by atoms with Crippen molar-refractivity contribution < 1.29 is 9.53 Å². The fourth-order valence-electron chi connectivity index (χ4n) is 2.65. The molecule has 2 N–H and O–H groups in total. The lowest BCUT2D eigenvalue weighted by atomic mass is 10.2. The molecule has 0 saturated heterocycles. The quantitative estimate of drug-likeness (QED) is 0.600. The van der Waals surface area contributed by atoms with Crippen LogP contribution in [0, 0.1) is 0 Å². The molecular weight excluding hydrogens is 342 g/mol. The monoisotopic (exact) mass is 365 g/mol. The standard InChI is InChI=1S/C20H23N5O2/c1-25-14-15(11-18(25)19(26)21-9-6-10-27-2)16-12-22-20(23-13-16)24-17-7-4-3-5-8-17/h3-5,7-8,11-14H,6,9-10H2,1-2H3,(H,21,26)(H,22,23,24). The molecule has 140 valence electrons. The SMILES string of the molecule is COCCCNC(=O)c1cc(-c2cnc(Nc3ccccc3)nc2)cn1C. The van der Waals surface area contributed by atoms with Crippen molar-refractivity contribution in [2.75, 3.05) is 25.6 Å². The fourth-order valence-corrected chi connectivity index (χ4v) is 2.65. The van der Waals surface area contributed by atoms with E-state index in [2.05, 4.69) is 20.6 Å². The number of rotatable bonds is 8. The van der Waals surface area contributed by atoms with Crippen LogP contribution in [-0.4, -0.2) is 40.7 Å². The van der Waals surface area contributed by atoms with Gasteiger partial charge in [-0.3, -0.25) is 4.79 Å². The van der Waals surface area contributed by atoms with Crippen molar-refractivity contribution in [3.8, 4) is 11.1 Å². The van der Waals surface area contributed by atoms with E-state index in [1.54, 1.807) is 24.1 Å². The Morgan fingerprint density at radius 1 is 1.15 bits per heavy atom. The fraction of sp³-hybridized carbons (Fsp3) is 0.250. The summed E-state index contributed by atoms with van der Waals surface area (Å²) < 4.78 is 6.79. The van der Waals surface area contributed by atoms with Gasteiger partial charge in [-0.05, 0) is 24.6 Å². The van der Waals surface area contributed by atoms with Crippen molar-refractivity contribution in [2.45, 2.75) is 6.42 Å². The molecule has 7 nitrogen and oxygen atoms in total. The van der Waals surface area contributed by atoms with Crippen molar-refractivity contribution >= 4 is 17.5 Å². The number of hydrogen-bond donors (Lipinski definition) is 2. The van der Waals surface area contributed by atoms with E-state index in [1.807, 2.05) is 49.6 Å². The maximum Gasteiger partial charge on any atom is 0.267 e. The first kappa shape index (κ1) is 18.6. The van der Waals surface area contributed by atoms with Gasteiger partial charge in [0.2, 0.25) is 5.95 Å². The van der Waals surface area contributed by atoms with Gasteiger partial charge in [-0.1, -0.05) is 18.2 Å². The summed E-state index contributed by atoms with van der Waals surface area (Å²) in [6, 6.07) is 11.6. The highest BCUT2D eigenvalue weighted by Gasteiger charge is 2.13.